The highest BCUT2D eigenvalue weighted by Gasteiger charge is 2.18. The molecule has 0 amide bonds. The van der Waals surface area contributed by atoms with Gasteiger partial charge in [0.05, 0.1) is 20.5 Å². The van der Waals surface area contributed by atoms with Gasteiger partial charge in [0, 0.05) is 17.2 Å². The Balaban J connectivity index is 2.71. The van der Waals surface area contributed by atoms with E-state index in [0.29, 0.717) is 22.4 Å². The largest absolute Gasteiger partial charge is 0.298 e. The summed E-state index contributed by atoms with van der Waals surface area (Å²) in [5, 5.41) is 11.6. The summed E-state index contributed by atoms with van der Waals surface area (Å²) in [5.41, 5.74) is 0.823. The van der Waals surface area contributed by atoms with Crippen molar-refractivity contribution in [1.82, 2.24) is 0 Å². The van der Waals surface area contributed by atoms with Crippen LogP contribution in [0.4, 0.5) is 5.69 Å². The van der Waals surface area contributed by atoms with Gasteiger partial charge in [0.25, 0.3) is 5.69 Å². The summed E-state index contributed by atoms with van der Waals surface area (Å²) in [7, 11) is 0. The molecular weight excluding hydrogens is 289 g/mol. The summed E-state index contributed by atoms with van der Waals surface area (Å²) in [6.45, 7) is 0. The van der Waals surface area contributed by atoms with Crippen LogP contribution in [0.3, 0.4) is 0 Å². The fourth-order valence-corrected chi connectivity index (χ4v) is 2.11. The molecule has 0 radical (unpaired) electrons. The Labute approximate surface area is 118 Å². The number of hydrogen-bond acceptors (Lipinski definition) is 3. The van der Waals surface area contributed by atoms with Gasteiger partial charge in [0.1, 0.15) is 6.29 Å². The number of nitro groups is 1. The molecule has 0 aliphatic carbocycles. The van der Waals surface area contributed by atoms with Gasteiger partial charge >= 0.3 is 0 Å². The van der Waals surface area contributed by atoms with Gasteiger partial charge in [0.15, 0.2) is 0 Å². The van der Waals surface area contributed by atoms with Gasteiger partial charge in [-0.15, -0.1) is 0 Å². The molecule has 2 rings (SSSR count). The fourth-order valence-electron chi connectivity index (χ4n) is 1.71. The molecule has 2 aromatic carbocycles. The van der Waals surface area contributed by atoms with Gasteiger partial charge < -0.3 is 0 Å². The summed E-state index contributed by atoms with van der Waals surface area (Å²) >= 11 is 12.0. The molecule has 0 aliphatic rings. The van der Waals surface area contributed by atoms with Crippen LogP contribution in [0.15, 0.2) is 36.4 Å². The molecule has 0 fully saturated rings. The van der Waals surface area contributed by atoms with Crippen LogP contribution in [-0.4, -0.2) is 11.2 Å². The van der Waals surface area contributed by atoms with E-state index in [1.807, 2.05) is 0 Å². The molecule has 4 nitrogen and oxygen atoms in total. The highest BCUT2D eigenvalue weighted by atomic mass is 35.5. The standard InChI is InChI=1S/C13H7Cl2NO3/c14-11-3-1-2-10(13(11)15)9-5-4-8(7-17)6-12(9)16(18)19/h1-7H. The van der Waals surface area contributed by atoms with E-state index in [1.165, 1.54) is 18.2 Å². The Bertz CT molecular complexity index is 671. The van der Waals surface area contributed by atoms with Crippen molar-refractivity contribution >= 4 is 35.2 Å². The molecular formula is C13H7Cl2NO3. The summed E-state index contributed by atoms with van der Waals surface area (Å²) in [5.74, 6) is 0. The average Bonchev–Trinajstić information content (AvgIpc) is 2.41. The number of halogens is 2. The zero-order chi connectivity index (χ0) is 14.0. The number of rotatable bonds is 3. The molecule has 0 spiro atoms. The van der Waals surface area contributed by atoms with Gasteiger partial charge in [-0.2, -0.15) is 0 Å². The Hall–Kier alpha value is -1.91. The van der Waals surface area contributed by atoms with E-state index in [1.54, 1.807) is 18.2 Å². The monoisotopic (exact) mass is 295 g/mol. The molecule has 0 atom stereocenters. The molecule has 0 bridgehead atoms. The molecule has 0 aliphatic heterocycles. The highest BCUT2D eigenvalue weighted by molar-refractivity contribution is 6.43. The lowest BCUT2D eigenvalue weighted by atomic mass is 10.0. The highest BCUT2D eigenvalue weighted by Crippen LogP contribution is 2.38. The van der Waals surface area contributed by atoms with Crippen molar-refractivity contribution in [1.29, 1.82) is 0 Å². The first kappa shape index (κ1) is 13.5. The Morgan fingerprint density at radius 2 is 1.84 bits per heavy atom. The van der Waals surface area contributed by atoms with Gasteiger partial charge in [0.2, 0.25) is 0 Å². The van der Waals surface area contributed by atoms with Crippen molar-refractivity contribution in [2.45, 2.75) is 0 Å². The van der Waals surface area contributed by atoms with Gasteiger partial charge in [-0.25, -0.2) is 0 Å². The van der Waals surface area contributed by atoms with Crippen molar-refractivity contribution in [2.75, 3.05) is 0 Å². The second-order valence-corrected chi connectivity index (χ2v) is 4.54. The molecule has 0 aromatic heterocycles. The smallest absolute Gasteiger partial charge is 0.277 e. The summed E-state index contributed by atoms with van der Waals surface area (Å²) in [6.07, 6.45) is 0.552. The number of nitro benzene ring substituents is 1. The lowest BCUT2D eigenvalue weighted by Gasteiger charge is -2.07. The molecule has 0 unspecified atom stereocenters. The number of nitrogens with zero attached hydrogens (tertiary/aromatic N) is 1. The maximum atomic E-state index is 11.1. The Morgan fingerprint density at radius 3 is 2.47 bits per heavy atom. The predicted molar refractivity (Wildman–Crippen MR) is 73.9 cm³/mol. The third kappa shape index (κ3) is 2.59. The van der Waals surface area contributed by atoms with Crippen LogP contribution in [0.25, 0.3) is 11.1 Å². The number of aldehydes is 1. The third-order valence-electron chi connectivity index (χ3n) is 2.60. The van der Waals surface area contributed by atoms with Crippen molar-refractivity contribution < 1.29 is 9.72 Å². The fraction of sp³-hybridized carbons (Fsp3) is 0. The van der Waals surface area contributed by atoms with Crippen LogP contribution in [0.2, 0.25) is 10.0 Å². The van der Waals surface area contributed by atoms with Crippen LogP contribution in [0.1, 0.15) is 10.4 Å². The van der Waals surface area contributed by atoms with E-state index in [4.69, 9.17) is 23.2 Å². The van der Waals surface area contributed by atoms with Crippen molar-refractivity contribution in [3.05, 3.63) is 62.1 Å². The molecule has 0 heterocycles. The van der Waals surface area contributed by atoms with E-state index >= 15 is 0 Å². The van der Waals surface area contributed by atoms with Crippen LogP contribution in [0.5, 0.6) is 0 Å². The zero-order valence-corrected chi connectivity index (χ0v) is 11.0. The van der Waals surface area contributed by atoms with Crippen LogP contribution in [0, 0.1) is 10.1 Å². The normalized spacial score (nSPS) is 10.2. The Morgan fingerprint density at radius 1 is 1.11 bits per heavy atom. The summed E-state index contributed by atoms with van der Waals surface area (Å²) in [6, 6.07) is 9.07. The second-order valence-electron chi connectivity index (χ2n) is 3.75. The minimum atomic E-state index is -0.556. The van der Waals surface area contributed by atoms with Crippen molar-refractivity contribution in [3.8, 4) is 11.1 Å². The van der Waals surface area contributed by atoms with Crippen LogP contribution < -0.4 is 0 Å². The molecule has 0 saturated heterocycles. The first-order chi connectivity index (χ1) is 9.04. The lowest BCUT2D eigenvalue weighted by molar-refractivity contribution is -0.384. The molecule has 0 N–H and O–H groups in total. The minimum absolute atomic E-state index is 0.186. The van der Waals surface area contributed by atoms with Crippen LogP contribution in [-0.2, 0) is 0 Å². The van der Waals surface area contributed by atoms with Gasteiger partial charge in [-0.05, 0) is 12.1 Å². The topological polar surface area (TPSA) is 60.2 Å². The predicted octanol–water partition coefficient (Wildman–Crippen LogP) is 4.38. The number of hydrogen-bond donors (Lipinski definition) is 0. The lowest BCUT2D eigenvalue weighted by Crippen LogP contribution is -1.94. The van der Waals surface area contributed by atoms with Crippen molar-refractivity contribution in [3.63, 3.8) is 0 Å². The summed E-state index contributed by atoms with van der Waals surface area (Å²) < 4.78 is 0. The number of benzene rings is 2. The molecule has 19 heavy (non-hydrogen) atoms. The Kier molecular flexibility index (Phi) is 3.83. The molecule has 2 aromatic rings. The van der Waals surface area contributed by atoms with E-state index < -0.39 is 4.92 Å². The number of carbonyl (C=O) groups is 1. The zero-order valence-electron chi connectivity index (χ0n) is 9.47. The average molecular weight is 296 g/mol. The van der Waals surface area contributed by atoms with E-state index in [0.717, 1.165) is 0 Å². The van der Waals surface area contributed by atoms with Gasteiger partial charge in [-0.3, -0.25) is 14.9 Å². The second kappa shape index (κ2) is 5.38. The molecule has 96 valence electrons. The van der Waals surface area contributed by atoms with Gasteiger partial charge in [-0.1, -0.05) is 41.4 Å². The first-order valence-electron chi connectivity index (χ1n) is 5.22. The molecule has 6 heteroatoms. The SMILES string of the molecule is O=Cc1ccc(-c2cccc(Cl)c2Cl)c([N+](=O)[O-])c1. The maximum absolute atomic E-state index is 11.1. The van der Waals surface area contributed by atoms with Crippen LogP contribution >= 0.6 is 23.2 Å². The van der Waals surface area contributed by atoms with Crippen molar-refractivity contribution in [2.24, 2.45) is 0 Å². The quantitative estimate of drug-likeness (QED) is 0.479. The minimum Gasteiger partial charge on any atom is -0.298 e. The maximum Gasteiger partial charge on any atom is 0.277 e. The van der Waals surface area contributed by atoms with E-state index in [2.05, 4.69) is 0 Å². The third-order valence-corrected chi connectivity index (χ3v) is 3.42. The first-order valence-corrected chi connectivity index (χ1v) is 5.98. The summed E-state index contributed by atoms with van der Waals surface area (Å²) in [4.78, 5) is 21.2. The van der Waals surface area contributed by atoms with E-state index in [-0.39, 0.29) is 16.3 Å². The number of carbonyl (C=O) groups excluding carboxylic acids is 1. The van der Waals surface area contributed by atoms with E-state index in [9.17, 15) is 14.9 Å². The molecule has 0 saturated carbocycles.